The highest BCUT2D eigenvalue weighted by atomic mass is 16.5. The maximum Gasteiger partial charge on any atom is 0.227 e. The molecule has 1 fully saturated rings. The molecule has 0 saturated carbocycles. The molecule has 0 bridgehead atoms. The zero-order valence-electron chi connectivity index (χ0n) is 22.1. The molecule has 0 spiro atoms. The monoisotopic (exact) mass is 525 g/mol. The summed E-state index contributed by atoms with van der Waals surface area (Å²) in [4.78, 5) is 27.8. The van der Waals surface area contributed by atoms with Crippen LogP contribution in [0.4, 0.5) is 23.1 Å². The van der Waals surface area contributed by atoms with Crippen molar-refractivity contribution in [1.82, 2.24) is 9.97 Å². The fraction of sp³-hybridized carbons (Fsp3) is 0.300. The third-order valence-electron chi connectivity index (χ3n) is 7.41. The Labute approximate surface area is 227 Å². The Balaban J connectivity index is 1.31. The molecule has 2 aromatic heterocycles. The average molecular weight is 526 g/mol. The third-order valence-corrected chi connectivity index (χ3v) is 7.41. The Kier molecular flexibility index (Phi) is 6.79. The van der Waals surface area contributed by atoms with Crippen molar-refractivity contribution in [1.29, 1.82) is 0 Å². The molecule has 9 nitrogen and oxygen atoms in total. The lowest BCUT2D eigenvalue weighted by molar-refractivity contribution is 0.0959. The standard InChI is InChI=1S/C30H31N5O4/c1-37-22-11-9-21(10-12-22)31-29-28-23(18-20(19-25(28)36)26-8-5-17-39-26)32-30(33-29)35-15-13-34(14-16-35)24-6-3-4-7-27(24)38-2/h3-12,17,20H,13-16,18-19H2,1-2H3,(H,31,32,33). The molecule has 9 heteroatoms. The van der Waals surface area contributed by atoms with Crippen LogP contribution < -0.4 is 24.6 Å². The first-order valence-corrected chi connectivity index (χ1v) is 13.1. The van der Waals surface area contributed by atoms with Crippen molar-refractivity contribution in [3.8, 4) is 11.5 Å². The number of carbonyl (C=O) groups is 1. The highest BCUT2D eigenvalue weighted by Gasteiger charge is 2.33. The molecule has 1 aliphatic heterocycles. The Morgan fingerprint density at radius 1 is 0.872 bits per heavy atom. The molecular formula is C30H31N5O4. The summed E-state index contributed by atoms with van der Waals surface area (Å²) in [7, 11) is 3.34. The van der Waals surface area contributed by atoms with Crippen LogP contribution in [0, 0.1) is 0 Å². The number of fused-ring (bicyclic) bond motifs is 1. The normalized spacial score (nSPS) is 17.1. The van der Waals surface area contributed by atoms with E-state index in [1.807, 2.05) is 54.6 Å². The fourth-order valence-electron chi connectivity index (χ4n) is 5.37. The number of Topliss-reactive ketones (excluding diaryl/α,β-unsaturated/α-hetero) is 1. The molecule has 1 unspecified atom stereocenters. The Morgan fingerprint density at radius 2 is 1.64 bits per heavy atom. The van der Waals surface area contributed by atoms with Gasteiger partial charge in [-0.25, -0.2) is 4.98 Å². The first-order valence-electron chi connectivity index (χ1n) is 13.1. The van der Waals surface area contributed by atoms with Gasteiger partial charge in [0.05, 0.1) is 37.4 Å². The molecular weight excluding hydrogens is 494 g/mol. The van der Waals surface area contributed by atoms with Crippen LogP contribution in [-0.2, 0) is 6.42 Å². The quantitative estimate of drug-likeness (QED) is 0.355. The molecule has 1 atom stereocenters. The number of hydrogen-bond donors (Lipinski definition) is 1. The van der Waals surface area contributed by atoms with E-state index in [0.29, 0.717) is 30.2 Å². The predicted octanol–water partition coefficient (Wildman–Crippen LogP) is 5.07. The van der Waals surface area contributed by atoms with Crippen LogP contribution in [0.3, 0.4) is 0 Å². The van der Waals surface area contributed by atoms with Crippen molar-refractivity contribution in [2.75, 3.05) is 55.5 Å². The lowest BCUT2D eigenvalue weighted by Gasteiger charge is -2.37. The minimum absolute atomic E-state index is 0.0150. The lowest BCUT2D eigenvalue weighted by atomic mass is 9.84. The van der Waals surface area contributed by atoms with E-state index >= 15 is 0 Å². The maximum atomic E-state index is 13.4. The van der Waals surface area contributed by atoms with Gasteiger partial charge in [0.2, 0.25) is 5.95 Å². The second kappa shape index (κ2) is 10.7. The number of piperazine rings is 1. The third kappa shape index (κ3) is 4.99. The minimum atomic E-state index is -0.0426. The van der Waals surface area contributed by atoms with Crippen molar-refractivity contribution < 1.29 is 18.7 Å². The van der Waals surface area contributed by atoms with E-state index in [9.17, 15) is 4.79 Å². The van der Waals surface area contributed by atoms with Gasteiger partial charge in [0.1, 0.15) is 23.1 Å². The summed E-state index contributed by atoms with van der Waals surface area (Å²) in [6.07, 6.45) is 2.62. The Hall–Kier alpha value is -4.53. The summed E-state index contributed by atoms with van der Waals surface area (Å²) in [6.45, 7) is 3.09. The molecule has 6 rings (SSSR count). The zero-order valence-corrected chi connectivity index (χ0v) is 22.1. The van der Waals surface area contributed by atoms with Crippen molar-refractivity contribution in [3.63, 3.8) is 0 Å². The first kappa shape index (κ1) is 24.8. The second-order valence-corrected chi connectivity index (χ2v) is 9.74. The Morgan fingerprint density at radius 3 is 2.36 bits per heavy atom. The van der Waals surface area contributed by atoms with Crippen molar-refractivity contribution in [2.24, 2.45) is 0 Å². The van der Waals surface area contributed by atoms with E-state index in [0.717, 1.165) is 60.5 Å². The largest absolute Gasteiger partial charge is 0.497 e. The highest BCUT2D eigenvalue weighted by Crippen LogP contribution is 2.37. The molecule has 4 aromatic rings. The minimum Gasteiger partial charge on any atom is -0.497 e. The van der Waals surface area contributed by atoms with E-state index in [-0.39, 0.29) is 11.7 Å². The topological polar surface area (TPSA) is 93.0 Å². The number of para-hydroxylation sites is 2. The average Bonchev–Trinajstić information content (AvgIpc) is 3.53. The number of benzene rings is 2. The summed E-state index contributed by atoms with van der Waals surface area (Å²) in [5.41, 5.74) is 3.22. The number of ketones is 1. The van der Waals surface area contributed by atoms with Gasteiger partial charge < -0.3 is 29.0 Å². The van der Waals surface area contributed by atoms with Gasteiger partial charge in [-0.1, -0.05) is 12.1 Å². The summed E-state index contributed by atoms with van der Waals surface area (Å²) >= 11 is 0. The summed E-state index contributed by atoms with van der Waals surface area (Å²) < 4.78 is 16.5. The van der Waals surface area contributed by atoms with E-state index in [1.54, 1.807) is 20.5 Å². The van der Waals surface area contributed by atoms with Crippen LogP contribution in [-0.4, -0.2) is 56.1 Å². The van der Waals surface area contributed by atoms with E-state index in [2.05, 4.69) is 21.2 Å². The maximum absolute atomic E-state index is 13.4. The number of hydrogen-bond acceptors (Lipinski definition) is 9. The molecule has 1 saturated heterocycles. The number of ether oxygens (including phenoxy) is 2. The van der Waals surface area contributed by atoms with Crippen LogP contribution in [0.1, 0.15) is 34.2 Å². The number of rotatable bonds is 7. The van der Waals surface area contributed by atoms with Gasteiger partial charge in [-0.05, 0) is 48.5 Å². The molecule has 200 valence electrons. The van der Waals surface area contributed by atoms with Gasteiger partial charge in [0.25, 0.3) is 0 Å². The molecule has 0 amide bonds. The van der Waals surface area contributed by atoms with Crippen LogP contribution in [0.2, 0.25) is 0 Å². The first-order chi connectivity index (χ1) is 19.1. The number of nitrogens with one attached hydrogen (secondary N) is 1. The summed E-state index contributed by atoms with van der Waals surface area (Å²) in [5.74, 6) is 3.57. The van der Waals surface area contributed by atoms with Gasteiger partial charge >= 0.3 is 0 Å². The lowest BCUT2D eigenvalue weighted by Crippen LogP contribution is -2.47. The highest BCUT2D eigenvalue weighted by molar-refractivity contribution is 6.03. The number of nitrogens with zero attached hydrogens (tertiary/aromatic N) is 4. The van der Waals surface area contributed by atoms with Crippen molar-refractivity contribution in [2.45, 2.75) is 18.8 Å². The smallest absolute Gasteiger partial charge is 0.227 e. The van der Waals surface area contributed by atoms with Crippen molar-refractivity contribution in [3.05, 3.63) is 83.9 Å². The molecule has 0 radical (unpaired) electrons. The van der Waals surface area contributed by atoms with E-state index < -0.39 is 0 Å². The van der Waals surface area contributed by atoms with Gasteiger partial charge in [0.15, 0.2) is 5.78 Å². The van der Waals surface area contributed by atoms with Gasteiger partial charge in [-0.2, -0.15) is 4.98 Å². The van der Waals surface area contributed by atoms with E-state index in [1.165, 1.54) is 0 Å². The zero-order chi connectivity index (χ0) is 26.8. The number of aromatic nitrogens is 2. The number of furan rings is 1. The van der Waals surface area contributed by atoms with Gasteiger partial charge in [0, 0.05) is 50.6 Å². The molecule has 1 aliphatic carbocycles. The molecule has 1 N–H and O–H groups in total. The SMILES string of the molecule is COc1ccc(Nc2nc(N3CCN(c4ccccc4OC)CC3)nc3c2C(=O)CC(c2ccco2)C3)cc1. The van der Waals surface area contributed by atoms with Crippen LogP contribution in [0.25, 0.3) is 0 Å². The summed E-state index contributed by atoms with van der Waals surface area (Å²) in [5, 5.41) is 3.39. The van der Waals surface area contributed by atoms with Crippen LogP contribution in [0.15, 0.2) is 71.3 Å². The Bertz CT molecular complexity index is 1450. The molecule has 2 aliphatic rings. The molecule has 39 heavy (non-hydrogen) atoms. The fourth-order valence-corrected chi connectivity index (χ4v) is 5.37. The number of anilines is 4. The second-order valence-electron chi connectivity index (χ2n) is 9.74. The van der Waals surface area contributed by atoms with Gasteiger partial charge in [-0.3, -0.25) is 4.79 Å². The molecule has 3 heterocycles. The number of carbonyl (C=O) groups excluding carboxylic acids is 1. The van der Waals surface area contributed by atoms with Crippen molar-refractivity contribution >= 4 is 28.9 Å². The summed E-state index contributed by atoms with van der Waals surface area (Å²) in [6, 6.07) is 19.5. The van der Waals surface area contributed by atoms with E-state index in [4.69, 9.17) is 23.9 Å². The van der Waals surface area contributed by atoms with Crippen LogP contribution >= 0.6 is 0 Å². The predicted molar refractivity (Wildman–Crippen MR) is 150 cm³/mol. The molecule has 2 aromatic carbocycles. The van der Waals surface area contributed by atoms with Crippen LogP contribution in [0.5, 0.6) is 11.5 Å². The van der Waals surface area contributed by atoms with Gasteiger partial charge in [-0.15, -0.1) is 0 Å². The number of methoxy groups -OCH3 is 2.